The van der Waals surface area contributed by atoms with Gasteiger partial charge in [-0.1, -0.05) is 6.07 Å². The lowest BCUT2D eigenvalue weighted by Gasteiger charge is -2.35. The van der Waals surface area contributed by atoms with Crippen molar-refractivity contribution >= 4 is 62.3 Å². The Balaban J connectivity index is 0.00000208. The summed E-state index contributed by atoms with van der Waals surface area (Å²) in [6, 6.07) is 4.99. The quantitative estimate of drug-likeness (QED) is 0.379. The average Bonchev–Trinajstić information content (AvgIpc) is 3.10. The van der Waals surface area contributed by atoms with E-state index in [1.807, 2.05) is 17.6 Å². The predicted octanol–water partition coefficient (Wildman–Crippen LogP) is 3.30. The first-order chi connectivity index (χ1) is 11.1. The number of thiazole rings is 1. The van der Waals surface area contributed by atoms with Gasteiger partial charge in [-0.05, 0) is 33.6 Å². The molecule has 2 aromatic rings. The fourth-order valence-corrected chi connectivity index (χ4v) is 3.35. The highest BCUT2D eigenvalue weighted by Crippen LogP contribution is 2.19. The molecule has 9 heteroatoms. The van der Waals surface area contributed by atoms with E-state index in [4.69, 9.17) is 5.73 Å². The molecule has 0 amide bonds. The van der Waals surface area contributed by atoms with Crippen LogP contribution in [0.15, 0.2) is 39.2 Å². The Kier molecular flexibility index (Phi) is 7.23. The van der Waals surface area contributed by atoms with Gasteiger partial charge in [0.15, 0.2) is 11.1 Å². The van der Waals surface area contributed by atoms with Crippen molar-refractivity contribution in [3.63, 3.8) is 0 Å². The van der Waals surface area contributed by atoms with E-state index in [1.54, 1.807) is 17.4 Å². The largest absolute Gasteiger partial charge is 0.370 e. The molecule has 0 aliphatic carbocycles. The Hall–Kier alpha value is -0.940. The fraction of sp³-hybridized carbons (Fsp3) is 0.333. The maximum absolute atomic E-state index is 13.5. The molecule has 2 N–H and O–H groups in total. The van der Waals surface area contributed by atoms with Gasteiger partial charge < -0.3 is 15.5 Å². The Labute approximate surface area is 169 Å². The zero-order valence-corrected chi connectivity index (χ0v) is 17.6. The minimum absolute atomic E-state index is 0. The van der Waals surface area contributed by atoms with Crippen molar-refractivity contribution in [1.29, 1.82) is 0 Å². The van der Waals surface area contributed by atoms with E-state index in [-0.39, 0.29) is 29.8 Å². The number of aliphatic imine (C=N–C) groups is 1. The number of hydrogen-bond donors (Lipinski definition) is 1. The Morgan fingerprint density at radius 2 is 2.08 bits per heavy atom. The molecule has 130 valence electrons. The van der Waals surface area contributed by atoms with Crippen molar-refractivity contribution in [3.8, 4) is 0 Å². The number of aromatic nitrogens is 1. The normalized spacial score (nSPS) is 15.3. The van der Waals surface area contributed by atoms with Gasteiger partial charge in [0.1, 0.15) is 5.82 Å². The van der Waals surface area contributed by atoms with Crippen molar-refractivity contribution in [1.82, 2.24) is 9.88 Å². The smallest absolute Gasteiger partial charge is 0.191 e. The minimum atomic E-state index is -0.284. The molecule has 1 saturated heterocycles. The third-order valence-corrected chi connectivity index (χ3v) is 5.18. The molecule has 0 atom stereocenters. The van der Waals surface area contributed by atoms with Gasteiger partial charge in [0, 0.05) is 37.8 Å². The van der Waals surface area contributed by atoms with Crippen LogP contribution < -0.4 is 10.6 Å². The molecule has 0 saturated carbocycles. The summed E-state index contributed by atoms with van der Waals surface area (Å²) < 4.78 is 13.9. The van der Waals surface area contributed by atoms with Gasteiger partial charge in [-0.25, -0.2) is 14.4 Å². The van der Waals surface area contributed by atoms with Gasteiger partial charge in [-0.15, -0.1) is 35.3 Å². The summed E-state index contributed by atoms with van der Waals surface area (Å²) in [6.07, 6.45) is 1.82. The van der Waals surface area contributed by atoms with Crippen LogP contribution in [0, 0.1) is 5.82 Å². The summed E-state index contributed by atoms with van der Waals surface area (Å²) >= 11 is 4.79. The highest BCUT2D eigenvalue weighted by molar-refractivity contribution is 14.0. The van der Waals surface area contributed by atoms with Crippen molar-refractivity contribution in [2.75, 3.05) is 31.1 Å². The van der Waals surface area contributed by atoms with Crippen LogP contribution in [0.5, 0.6) is 0 Å². The Morgan fingerprint density at radius 3 is 2.71 bits per heavy atom. The van der Waals surface area contributed by atoms with Gasteiger partial charge in [0.05, 0.1) is 11.0 Å². The molecule has 0 unspecified atom stereocenters. The summed E-state index contributed by atoms with van der Waals surface area (Å²) in [4.78, 5) is 13.0. The summed E-state index contributed by atoms with van der Waals surface area (Å²) in [5.41, 5.74) is 6.87. The van der Waals surface area contributed by atoms with E-state index in [0.717, 1.165) is 36.9 Å². The lowest BCUT2D eigenvalue weighted by atomic mass is 10.2. The zero-order chi connectivity index (χ0) is 16.2. The molecule has 3 rings (SSSR count). The summed E-state index contributed by atoms with van der Waals surface area (Å²) in [5, 5.41) is 3.03. The monoisotopic (exact) mass is 525 g/mol. The number of rotatable bonds is 3. The second-order valence-corrected chi connectivity index (χ2v) is 6.94. The van der Waals surface area contributed by atoms with Crippen LogP contribution in [-0.4, -0.2) is 42.0 Å². The molecule has 1 aliphatic heterocycles. The standard InChI is InChI=1S/C15H17BrFN5S.HI/c16-12-2-1-11(9-13(12)17)10-20-14(18)21-4-6-22(7-5-21)15-19-3-8-23-15;/h1-3,8-9H,4-7,10H2,(H2,18,20);1H. The van der Waals surface area contributed by atoms with Crippen LogP contribution in [0.2, 0.25) is 0 Å². The first-order valence-electron chi connectivity index (χ1n) is 7.27. The molecule has 0 spiro atoms. The fourth-order valence-electron chi connectivity index (χ4n) is 2.41. The maximum Gasteiger partial charge on any atom is 0.191 e. The van der Waals surface area contributed by atoms with Crippen LogP contribution in [0.4, 0.5) is 9.52 Å². The molecule has 1 fully saturated rings. The lowest BCUT2D eigenvalue weighted by Crippen LogP contribution is -2.51. The number of nitrogens with zero attached hydrogens (tertiary/aromatic N) is 4. The number of halogens is 3. The summed E-state index contributed by atoms with van der Waals surface area (Å²) in [5.74, 6) is 0.223. The van der Waals surface area contributed by atoms with Crippen LogP contribution >= 0.6 is 51.2 Å². The van der Waals surface area contributed by atoms with Crippen LogP contribution in [0.25, 0.3) is 0 Å². The molecule has 24 heavy (non-hydrogen) atoms. The number of piperazine rings is 1. The molecular formula is C15H18BrFIN5S. The van der Waals surface area contributed by atoms with E-state index >= 15 is 0 Å². The Bertz CT molecular complexity index is 689. The maximum atomic E-state index is 13.5. The first kappa shape index (κ1) is 19.4. The average molecular weight is 526 g/mol. The predicted molar refractivity (Wildman–Crippen MR) is 111 cm³/mol. The number of hydrogen-bond acceptors (Lipinski definition) is 4. The van der Waals surface area contributed by atoms with Crippen LogP contribution in [0.3, 0.4) is 0 Å². The third-order valence-electron chi connectivity index (χ3n) is 3.70. The summed E-state index contributed by atoms with van der Waals surface area (Å²) in [6.45, 7) is 3.74. The van der Waals surface area contributed by atoms with E-state index in [1.165, 1.54) is 6.07 Å². The number of benzene rings is 1. The lowest BCUT2D eigenvalue weighted by molar-refractivity contribution is 0.380. The molecule has 1 aromatic carbocycles. The van der Waals surface area contributed by atoms with Gasteiger partial charge in [0.25, 0.3) is 0 Å². The molecule has 5 nitrogen and oxygen atoms in total. The number of guanidine groups is 1. The van der Waals surface area contributed by atoms with E-state index in [2.05, 4.69) is 35.7 Å². The second-order valence-electron chi connectivity index (χ2n) is 5.21. The van der Waals surface area contributed by atoms with Crippen molar-refractivity contribution in [2.45, 2.75) is 6.54 Å². The van der Waals surface area contributed by atoms with Gasteiger partial charge >= 0.3 is 0 Å². The van der Waals surface area contributed by atoms with Crippen LogP contribution in [0.1, 0.15) is 5.56 Å². The molecule has 1 aliphatic rings. The first-order valence-corrected chi connectivity index (χ1v) is 8.94. The van der Waals surface area contributed by atoms with E-state index < -0.39 is 0 Å². The zero-order valence-electron chi connectivity index (χ0n) is 12.9. The minimum Gasteiger partial charge on any atom is -0.370 e. The van der Waals surface area contributed by atoms with Crippen molar-refractivity contribution in [3.05, 3.63) is 45.6 Å². The van der Waals surface area contributed by atoms with Gasteiger partial charge in [0.2, 0.25) is 0 Å². The van der Waals surface area contributed by atoms with Crippen molar-refractivity contribution in [2.24, 2.45) is 10.7 Å². The Morgan fingerprint density at radius 1 is 1.33 bits per heavy atom. The highest BCUT2D eigenvalue weighted by Gasteiger charge is 2.19. The van der Waals surface area contributed by atoms with Gasteiger partial charge in [-0.3, -0.25) is 0 Å². The second kappa shape index (κ2) is 8.95. The molecule has 0 bridgehead atoms. The highest BCUT2D eigenvalue weighted by atomic mass is 127. The molecule has 2 heterocycles. The SMILES string of the molecule is I.NC(=NCc1ccc(Br)c(F)c1)N1CCN(c2nccs2)CC1. The van der Waals surface area contributed by atoms with E-state index in [0.29, 0.717) is 17.0 Å². The number of nitrogens with two attached hydrogens (primary N) is 1. The third kappa shape index (κ3) is 4.79. The summed E-state index contributed by atoms with van der Waals surface area (Å²) in [7, 11) is 0. The molecule has 0 radical (unpaired) electrons. The molecular weight excluding hydrogens is 508 g/mol. The topological polar surface area (TPSA) is 57.8 Å². The van der Waals surface area contributed by atoms with E-state index in [9.17, 15) is 4.39 Å². The van der Waals surface area contributed by atoms with Crippen LogP contribution in [-0.2, 0) is 6.54 Å². The van der Waals surface area contributed by atoms with Gasteiger partial charge in [-0.2, -0.15) is 0 Å². The van der Waals surface area contributed by atoms with Crippen molar-refractivity contribution < 1.29 is 4.39 Å². The number of anilines is 1. The molecule has 1 aromatic heterocycles.